The van der Waals surface area contributed by atoms with Crippen molar-refractivity contribution in [2.45, 2.75) is 32.4 Å². The highest BCUT2D eigenvalue weighted by molar-refractivity contribution is 7.15. The lowest BCUT2D eigenvalue weighted by atomic mass is 9.90. The van der Waals surface area contributed by atoms with Crippen molar-refractivity contribution in [1.29, 1.82) is 0 Å². The first-order valence-corrected chi connectivity index (χ1v) is 9.94. The summed E-state index contributed by atoms with van der Waals surface area (Å²) in [6.45, 7) is 3.78. The zero-order valence-corrected chi connectivity index (χ0v) is 16.1. The number of nitrogens with zero attached hydrogens (tertiary/aromatic N) is 4. The third-order valence-corrected chi connectivity index (χ3v) is 5.99. The second-order valence-electron chi connectivity index (χ2n) is 6.66. The highest BCUT2D eigenvalue weighted by Gasteiger charge is 2.29. The standard InChI is InChI=1S/C17H23N5O4S/c1-24-10-14-20-15(26-21-14)9-18-16(23)11-2-3-13-12(8-11)19-17(27-13)22-4-6-25-7-5-22/h11H,2-10H2,1H3,(H,18,23). The Morgan fingerprint density at radius 1 is 1.37 bits per heavy atom. The molecule has 1 amide bonds. The molecule has 3 heterocycles. The number of methoxy groups -OCH3 is 1. The fourth-order valence-electron chi connectivity index (χ4n) is 3.34. The van der Waals surface area contributed by atoms with Gasteiger partial charge < -0.3 is 24.2 Å². The summed E-state index contributed by atoms with van der Waals surface area (Å²) in [5.41, 5.74) is 1.06. The Balaban J connectivity index is 1.32. The number of carbonyl (C=O) groups is 1. The molecule has 10 heteroatoms. The van der Waals surface area contributed by atoms with Gasteiger partial charge in [-0.25, -0.2) is 4.98 Å². The van der Waals surface area contributed by atoms with Crippen LogP contribution in [0.15, 0.2) is 4.52 Å². The van der Waals surface area contributed by atoms with Gasteiger partial charge in [-0.3, -0.25) is 4.79 Å². The summed E-state index contributed by atoms with van der Waals surface area (Å²) in [4.78, 5) is 25.1. The first-order valence-electron chi connectivity index (χ1n) is 9.12. The number of morpholine rings is 1. The van der Waals surface area contributed by atoms with Crippen molar-refractivity contribution in [3.63, 3.8) is 0 Å². The summed E-state index contributed by atoms with van der Waals surface area (Å²) < 4.78 is 15.5. The van der Waals surface area contributed by atoms with Gasteiger partial charge in [-0.1, -0.05) is 5.16 Å². The first-order chi connectivity index (χ1) is 13.2. The molecular weight excluding hydrogens is 370 g/mol. The lowest BCUT2D eigenvalue weighted by Crippen LogP contribution is -2.36. The van der Waals surface area contributed by atoms with Crippen LogP contribution < -0.4 is 10.2 Å². The van der Waals surface area contributed by atoms with Gasteiger partial charge in [-0.2, -0.15) is 4.98 Å². The molecule has 0 bridgehead atoms. The maximum Gasteiger partial charge on any atom is 0.246 e. The normalized spacial score (nSPS) is 19.7. The van der Waals surface area contributed by atoms with Gasteiger partial charge >= 0.3 is 0 Å². The second-order valence-corrected chi connectivity index (χ2v) is 7.72. The molecule has 2 aliphatic rings. The largest absolute Gasteiger partial charge is 0.378 e. The molecule has 2 aromatic heterocycles. The van der Waals surface area contributed by atoms with Crippen LogP contribution in [0.1, 0.15) is 28.7 Å². The van der Waals surface area contributed by atoms with Crippen LogP contribution >= 0.6 is 11.3 Å². The number of fused-ring (bicyclic) bond motifs is 1. The Morgan fingerprint density at radius 2 is 2.22 bits per heavy atom. The minimum atomic E-state index is -0.0708. The Morgan fingerprint density at radius 3 is 3.04 bits per heavy atom. The van der Waals surface area contributed by atoms with E-state index in [9.17, 15) is 4.79 Å². The topological polar surface area (TPSA) is 103 Å². The van der Waals surface area contributed by atoms with Crippen molar-refractivity contribution in [1.82, 2.24) is 20.4 Å². The number of aromatic nitrogens is 3. The average Bonchev–Trinajstić information content (AvgIpc) is 3.33. The lowest BCUT2D eigenvalue weighted by Gasteiger charge is -2.26. The summed E-state index contributed by atoms with van der Waals surface area (Å²) in [7, 11) is 1.57. The molecule has 0 aromatic carbocycles. The Kier molecular flexibility index (Phi) is 5.65. The van der Waals surface area contributed by atoms with Crippen molar-refractivity contribution >= 4 is 22.4 Å². The number of aryl methyl sites for hydroxylation is 1. The monoisotopic (exact) mass is 393 g/mol. The number of amides is 1. The van der Waals surface area contributed by atoms with Crippen LogP contribution in [0.5, 0.6) is 0 Å². The molecule has 0 radical (unpaired) electrons. The quantitative estimate of drug-likeness (QED) is 0.773. The third-order valence-electron chi connectivity index (χ3n) is 4.78. The molecule has 9 nitrogen and oxygen atoms in total. The van der Waals surface area contributed by atoms with Crippen LogP contribution in [-0.4, -0.2) is 54.4 Å². The minimum absolute atomic E-state index is 0.00747. The van der Waals surface area contributed by atoms with Gasteiger partial charge in [0.05, 0.1) is 25.5 Å². The molecule has 27 heavy (non-hydrogen) atoms. The number of hydrogen-bond donors (Lipinski definition) is 1. The van der Waals surface area contributed by atoms with E-state index < -0.39 is 0 Å². The number of anilines is 1. The van der Waals surface area contributed by atoms with E-state index >= 15 is 0 Å². The van der Waals surface area contributed by atoms with Gasteiger partial charge in [-0.15, -0.1) is 11.3 Å². The molecule has 1 saturated heterocycles. The van der Waals surface area contributed by atoms with E-state index in [1.807, 2.05) is 0 Å². The molecule has 1 atom stereocenters. The SMILES string of the molecule is COCc1noc(CNC(=O)C2CCc3sc(N4CCOCC4)nc3C2)n1. The van der Waals surface area contributed by atoms with E-state index in [-0.39, 0.29) is 25.0 Å². The van der Waals surface area contributed by atoms with E-state index in [0.717, 1.165) is 50.0 Å². The smallest absolute Gasteiger partial charge is 0.246 e. The zero-order chi connectivity index (χ0) is 18.6. The number of ether oxygens (including phenoxy) is 2. The molecule has 2 aromatic rings. The molecule has 0 saturated carbocycles. The van der Waals surface area contributed by atoms with Gasteiger partial charge in [0.15, 0.2) is 11.0 Å². The van der Waals surface area contributed by atoms with E-state index in [4.69, 9.17) is 19.0 Å². The van der Waals surface area contributed by atoms with Crippen LogP contribution in [0, 0.1) is 5.92 Å². The van der Waals surface area contributed by atoms with Crippen molar-refractivity contribution in [2.75, 3.05) is 38.3 Å². The van der Waals surface area contributed by atoms with Crippen molar-refractivity contribution in [2.24, 2.45) is 5.92 Å². The molecule has 4 rings (SSSR count). The maximum absolute atomic E-state index is 12.5. The highest BCUT2D eigenvalue weighted by atomic mass is 32.1. The van der Waals surface area contributed by atoms with Gasteiger partial charge in [-0.05, 0) is 12.8 Å². The summed E-state index contributed by atoms with van der Waals surface area (Å²) in [6, 6.07) is 0. The van der Waals surface area contributed by atoms with E-state index in [0.29, 0.717) is 18.1 Å². The number of hydrogen-bond acceptors (Lipinski definition) is 9. The molecular formula is C17H23N5O4S. The van der Waals surface area contributed by atoms with Crippen LogP contribution in [-0.2, 0) is 40.3 Å². The molecule has 146 valence electrons. The fraction of sp³-hybridized carbons (Fsp3) is 0.647. The average molecular weight is 393 g/mol. The number of rotatable bonds is 6. The summed E-state index contributed by atoms with van der Waals surface area (Å²) in [5, 5.41) is 7.74. The van der Waals surface area contributed by atoms with E-state index in [1.165, 1.54) is 4.88 Å². The number of carbonyl (C=O) groups excluding carboxylic acids is 1. The van der Waals surface area contributed by atoms with Crippen LogP contribution in [0.3, 0.4) is 0 Å². The molecule has 1 fully saturated rings. The van der Waals surface area contributed by atoms with Crippen molar-refractivity contribution < 1.29 is 18.8 Å². The lowest BCUT2D eigenvalue weighted by molar-refractivity contribution is -0.125. The van der Waals surface area contributed by atoms with Crippen molar-refractivity contribution in [3.05, 3.63) is 22.3 Å². The molecule has 1 unspecified atom stereocenters. The van der Waals surface area contributed by atoms with Gasteiger partial charge in [0, 0.05) is 37.4 Å². The van der Waals surface area contributed by atoms with Gasteiger partial charge in [0.25, 0.3) is 0 Å². The number of thiazole rings is 1. The molecule has 1 aliphatic carbocycles. The number of nitrogens with one attached hydrogen (secondary N) is 1. The van der Waals surface area contributed by atoms with Crippen LogP contribution in [0.2, 0.25) is 0 Å². The fourth-order valence-corrected chi connectivity index (χ4v) is 4.49. The molecule has 0 spiro atoms. The predicted octanol–water partition coefficient (Wildman–Crippen LogP) is 0.930. The van der Waals surface area contributed by atoms with Crippen LogP contribution in [0.4, 0.5) is 5.13 Å². The van der Waals surface area contributed by atoms with Gasteiger partial charge in [0.1, 0.15) is 6.61 Å². The van der Waals surface area contributed by atoms with Crippen LogP contribution in [0.25, 0.3) is 0 Å². The summed E-state index contributed by atoms with van der Waals surface area (Å²) >= 11 is 1.76. The third kappa shape index (κ3) is 4.28. The highest BCUT2D eigenvalue weighted by Crippen LogP contribution is 2.34. The molecule has 1 aliphatic heterocycles. The summed E-state index contributed by atoms with van der Waals surface area (Å²) in [5.74, 6) is 0.795. The minimum Gasteiger partial charge on any atom is -0.378 e. The zero-order valence-electron chi connectivity index (χ0n) is 15.3. The Labute approximate surface area is 161 Å². The van der Waals surface area contributed by atoms with Gasteiger partial charge in [0.2, 0.25) is 11.8 Å². The second kappa shape index (κ2) is 8.32. The Bertz CT molecular complexity index is 786. The first kappa shape index (κ1) is 18.3. The summed E-state index contributed by atoms with van der Waals surface area (Å²) in [6.07, 6.45) is 2.41. The van der Waals surface area contributed by atoms with E-state index in [2.05, 4.69) is 20.4 Å². The maximum atomic E-state index is 12.5. The molecule has 1 N–H and O–H groups in total. The Hall–Kier alpha value is -2.04. The predicted molar refractivity (Wildman–Crippen MR) is 97.5 cm³/mol. The van der Waals surface area contributed by atoms with E-state index in [1.54, 1.807) is 18.4 Å². The van der Waals surface area contributed by atoms with Crippen molar-refractivity contribution in [3.8, 4) is 0 Å².